The lowest BCUT2D eigenvalue weighted by Crippen LogP contribution is -2.32. The van der Waals surface area contributed by atoms with E-state index >= 15 is 0 Å². The third-order valence-electron chi connectivity index (χ3n) is 3.11. The molecule has 0 atom stereocenters. The fourth-order valence-electron chi connectivity index (χ4n) is 1.91. The van der Waals surface area contributed by atoms with Crippen molar-refractivity contribution in [3.63, 3.8) is 0 Å². The molecule has 2 rings (SSSR count). The van der Waals surface area contributed by atoms with Gasteiger partial charge < -0.3 is 14.4 Å². The summed E-state index contributed by atoms with van der Waals surface area (Å²) >= 11 is 0. The molecule has 1 heterocycles. The van der Waals surface area contributed by atoms with Gasteiger partial charge >= 0.3 is 0 Å². The number of sulfone groups is 1. The van der Waals surface area contributed by atoms with Crippen molar-refractivity contribution in [1.82, 2.24) is 4.90 Å². The molecule has 0 N–H and O–H groups in total. The van der Waals surface area contributed by atoms with Gasteiger partial charge in [0.15, 0.2) is 4.91 Å². The monoisotopic (exact) mass is 308 g/mol. The number of benzene rings is 1. The second kappa shape index (κ2) is 6.61. The summed E-state index contributed by atoms with van der Waals surface area (Å²) in [5, 5.41) is 9.17. The molecule has 1 aromatic carbocycles. The van der Waals surface area contributed by atoms with Crippen LogP contribution in [0.15, 0.2) is 40.3 Å². The molecule has 0 radical (unpaired) electrons. The van der Waals surface area contributed by atoms with Crippen molar-refractivity contribution < 1.29 is 17.9 Å². The normalized spacial score (nSPS) is 16.4. The van der Waals surface area contributed by atoms with Crippen molar-refractivity contribution in [1.29, 1.82) is 5.26 Å². The molecule has 21 heavy (non-hydrogen) atoms. The minimum Gasteiger partial charge on any atom is -0.497 e. The fourth-order valence-corrected chi connectivity index (χ4v) is 3.07. The molecule has 0 spiro atoms. The molecule has 7 heteroatoms. The fraction of sp³-hybridized carbons (Fsp3) is 0.357. The van der Waals surface area contributed by atoms with E-state index in [1.165, 1.54) is 25.4 Å². The van der Waals surface area contributed by atoms with Gasteiger partial charge in [-0.15, -0.1) is 0 Å². The topological polar surface area (TPSA) is 79.6 Å². The number of allylic oxidation sites excluding steroid dienone is 1. The lowest BCUT2D eigenvalue weighted by Gasteiger charge is -2.25. The molecule has 0 aliphatic carbocycles. The smallest absolute Gasteiger partial charge is 0.218 e. The summed E-state index contributed by atoms with van der Waals surface area (Å²) in [4.78, 5) is 1.59. The molecule has 0 aromatic heterocycles. The Kier molecular flexibility index (Phi) is 4.83. The zero-order valence-corrected chi connectivity index (χ0v) is 12.5. The molecule has 0 unspecified atom stereocenters. The predicted octanol–water partition coefficient (Wildman–Crippen LogP) is 1.17. The van der Waals surface area contributed by atoms with Crippen LogP contribution >= 0.6 is 0 Å². The van der Waals surface area contributed by atoms with Gasteiger partial charge in [-0.1, -0.05) is 0 Å². The van der Waals surface area contributed by atoms with E-state index in [1.807, 2.05) is 0 Å². The number of hydrogen-bond donors (Lipinski definition) is 0. The Labute approximate surface area is 124 Å². The van der Waals surface area contributed by atoms with E-state index in [4.69, 9.17) is 9.47 Å². The Hall–Kier alpha value is -2.04. The number of rotatable bonds is 4. The first-order valence-corrected chi connectivity index (χ1v) is 7.89. The predicted molar refractivity (Wildman–Crippen MR) is 76.3 cm³/mol. The van der Waals surface area contributed by atoms with Gasteiger partial charge in [-0.05, 0) is 24.3 Å². The molecular weight excluding hydrogens is 292 g/mol. The molecule has 1 fully saturated rings. The van der Waals surface area contributed by atoms with E-state index in [9.17, 15) is 13.7 Å². The number of methoxy groups -OCH3 is 1. The lowest BCUT2D eigenvalue weighted by molar-refractivity contribution is 0.0593. The molecule has 0 bridgehead atoms. The van der Waals surface area contributed by atoms with Crippen LogP contribution in [0.1, 0.15) is 0 Å². The summed E-state index contributed by atoms with van der Waals surface area (Å²) in [6, 6.07) is 7.74. The van der Waals surface area contributed by atoms with Crippen LogP contribution in [0.3, 0.4) is 0 Å². The second-order valence-electron chi connectivity index (χ2n) is 4.43. The highest BCUT2D eigenvalue weighted by molar-refractivity contribution is 7.95. The summed E-state index contributed by atoms with van der Waals surface area (Å²) in [6.07, 6.45) is 1.39. The first-order chi connectivity index (χ1) is 10.1. The van der Waals surface area contributed by atoms with Gasteiger partial charge in [0.1, 0.15) is 11.8 Å². The Morgan fingerprint density at radius 2 is 1.95 bits per heavy atom. The van der Waals surface area contributed by atoms with Crippen molar-refractivity contribution in [2.24, 2.45) is 0 Å². The van der Waals surface area contributed by atoms with E-state index in [2.05, 4.69) is 0 Å². The van der Waals surface area contributed by atoms with Gasteiger partial charge in [0.25, 0.3) is 0 Å². The van der Waals surface area contributed by atoms with Gasteiger partial charge in [0.05, 0.1) is 25.2 Å². The van der Waals surface area contributed by atoms with E-state index < -0.39 is 9.84 Å². The SMILES string of the molecule is COc1ccc(S(=O)(=O)/C(C#N)=C/N2CCOCC2)cc1. The highest BCUT2D eigenvalue weighted by Gasteiger charge is 2.22. The molecule has 1 saturated heterocycles. The highest BCUT2D eigenvalue weighted by Crippen LogP contribution is 2.22. The average Bonchev–Trinajstić information content (AvgIpc) is 2.53. The zero-order valence-electron chi connectivity index (χ0n) is 11.7. The van der Waals surface area contributed by atoms with Crippen LogP contribution in [0.5, 0.6) is 5.75 Å². The van der Waals surface area contributed by atoms with Crippen molar-refractivity contribution in [2.45, 2.75) is 4.90 Å². The van der Waals surface area contributed by atoms with Crippen molar-refractivity contribution >= 4 is 9.84 Å². The Balaban J connectivity index is 2.30. The number of nitrogens with zero attached hydrogens (tertiary/aromatic N) is 2. The van der Waals surface area contributed by atoms with E-state index in [0.29, 0.717) is 32.1 Å². The van der Waals surface area contributed by atoms with Gasteiger partial charge in [-0.2, -0.15) is 5.26 Å². The number of morpholine rings is 1. The maximum Gasteiger partial charge on any atom is 0.218 e. The summed E-state index contributed by atoms with van der Waals surface area (Å²) in [5.41, 5.74) is 0. The van der Waals surface area contributed by atoms with Gasteiger partial charge in [-0.3, -0.25) is 0 Å². The third kappa shape index (κ3) is 3.54. The van der Waals surface area contributed by atoms with Gasteiger partial charge in [0, 0.05) is 19.3 Å². The van der Waals surface area contributed by atoms with E-state index in [1.54, 1.807) is 23.1 Å². The van der Waals surface area contributed by atoms with Gasteiger partial charge in [-0.25, -0.2) is 8.42 Å². The minimum absolute atomic E-state index is 0.0735. The summed E-state index contributed by atoms with van der Waals surface area (Å²) in [5.74, 6) is 0.560. The highest BCUT2D eigenvalue weighted by atomic mass is 32.2. The van der Waals surface area contributed by atoms with Crippen LogP contribution in [-0.4, -0.2) is 46.7 Å². The third-order valence-corrected chi connectivity index (χ3v) is 4.78. The molecule has 0 amide bonds. The first-order valence-electron chi connectivity index (χ1n) is 6.41. The van der Waals surface area contributed by atoms with Crippen LogP contribution in [0.4, 0.5) is 0 Å². The van der Waals surface area contributed by atoms with Crippen LogP contribution in [0.2, 0.25) is 0 Å². The number of nitriles is 1. The van der Waals surface area contributed by atoms with Crippen LogP contribution in [0, 0.1) is 11.3 Å². The van der Waals surface area contributed by atoms with Crippen molar-refractivity contribution in [3.05, 3.63) is 35.4 Å². The van der Waals surface area contributed by atoms with E-state index in [-0.39, 0.29) is 9.80 Å². The molecule has 1 aromatic rings. The van der Waals surface area contributed by atoms with Crippen LogP contribution in [0.25, 0.3) is 0 Å². The van der Waals surface area contributed by atoms with Crippen molar-refractivity contribution in [3.8, 4) is 11.8 Å². The number of ether oxygens (including phenoxy) is 2. The lowest BCUT2D eigenvalue weighted by atomic mass is 10.3. The molecule has 1 aliphatic heterocycles. The first kappa shape index (κ1) is 15.4. The maximum absolute atomic E-state index is 12.4. The summed E-state index contributed by atoms with van der Waals surface area (Å²) in [7, 11) is -2.31. The second-order valence-corrected chi connectivity index (χ2v) is 6.35. The number of hydrogen-bond acceptors (Lipinski definition) is 6. The quantitative estimate of drug-likeness (QED) is 0.777. The summed E-state index contributed by atoms with van der Waals surface area (Å²) in [6.45, 7) is 2.20. The average molecular weight is 308 g/mol. The standard InChI is InChI=1S/C14H16N2O4S/c1-19-12-2-4-13(5-3-12)21(17,18)14(10-15)11-16-6-8-20-9-7-16/h2-5,11H,6-9H2,1H3/b14-11+. The largest absolute Gasteiger partial charge is 0.497 e. The Morgan fingerprint density at radius 3 is 2.48 bits per heavy atom. The van der Waals surface area contributed by atoms with E-state index in [0.717, 1.165) is 0 Å². The molecular formula is C14H16N2O4S. The maximum atomic E-state index is 12.4. The van der Waals surface area contributed by atoms with Crippen LogP contribution in [-0.2, 0) is 14.6 Å². The zero-order chi connectivity index (χ0) is 15.3. The molecule has 112 valence electrons. The molecule has 0 saturated carbocycles. The minimum atomic E-state index is -3.81. The van der Waals surface area contributed by atoms with Gasteiger partial charge in [0.2, 0.25) is 9.84 Å². The summed E-state index contributed by atoms with van der Waals surface area (Å²) < 4.78 is 35.1. The molecule has 6 nitrogen and oxygen atoms in total. The Morgan fingerprint density at radius 1 is 1.33 bits per heavy atom. The van der Waals surface area contributed by atoms with Crippen molar-refractivity contribution in [2.75, 3.05) is 33.4 Å². The van der Waals surface area contributed by atoms with Crippen LogP contribution < -0.4 is 4.74 Å². The molecule has 1 aliphatic rings. The Bertz CT molecular complexity index is 653.